The van der Waals surface area contributed by atoms with Crippen molar-refractivity contribution in [1.29, 1.82) is 5.26 Å². The number of rotatable bonds is 3. The summed E-state index contributed by atoms with van der Waals surface area (Å²) in [7, 11) is 0. The summed E-state index contributed by atoms with van der Waals surface area (Å²) in [6, 6.07) is 7.42. The van der Waals surface area contributed by atoms with Gasteiger partial charge in [0.2, 0.25) is 5.91 Å². The van der Waals surface area contributed by atoms with E-state index >= 15 is 0 Å². The number of nitrogens with zero attached hydrogens (tertiary/aromatic N) is 2. The molecule has 0 aliphatic carbocycles. The minimum atomic E-state index is -0.591. The fourth-order valence-corrected chi connectivity index (χ4v) is 2.65. The minimum Gasteiger partial charge on any atom is -0.389 e. The first kappa shape index (κ1) is 14.4. The second-order valence-corrected chi connectivity index (χ2v) is 5.23. The topological polar surface area (TPSA) is 90.3 Å². The fraction of sp³-hybridized carbons (Fsp3) is 0.467. The number of aliphatic hydroxyl groups is 1. The zero-order valence-electron chi connectivity index (χ0n) is 11.5. The van der Waals surface area contributed by atoms with Crippen LogP contribution in [0.2, 0.25) is 0 Å². The molecule has 5 heteroatoms. The van der Waals surface area contributed by atoms with Gasteiger partial charge in [-0.3, -0.25) is 4.79 Å². The maximum Gasteiger partial charge on any atom is 0.220 e. The molecule has 0 spiro atoms. The number of nitriles is 1. The number of primary amides is 1. The Morgan fingerprint density at radius 3 is 2.65 bits per heavy atom. The van der Waals surface area contributed by atoms with E-state index in [0.29, 0.717) is 31.5 Å². The molecule has 1 saturated heterocycles. The lowest BCUT2D eigenvalue weighted by Gasteiger charge is -2.34. The molecule has 3 N–H and O–H groups in total. The number of hydrogen-bond acceptors (Lipinski definition) is 4. The lowest BCUT2D eigenvalue weighted by Crippen LogP contribution is -2.39. The molecule has 0 radical (unpaired) electrons. The summed E-state index contributed by atoms with van der Waals surface area (Å²) in [5, 5.41) is 18.9. The number of amides is 1. The Morgan fingerprint density at radius 1 is 1.50 bits per heavy atom. The second-order valence-electron chi connectivity index (χ2n) is 5.23. The standard InChI is InChI=1S/C15H19N3O2/c1-10(19)13-3-2-11(9-16)8-14(13)18-6-4-12(5-7-18)15(17)20/h2-3,8,10,12,19H,4-7H2,1H3,(H2,17,20)/t10-/m1/s1. The van der Waals surface area contributed by atoms with Crippen molar-refractivity contribution in [3.05, 3.63) is 29.3 Å². The molecule has 1 aromatic rings. The molecule has 1 atom stereocenters. The number of anilines is 1. The van der Waals surface area contributed by atoms with Crippen molar-refractivity contribution in [3.8, 4) is 6.07 Å². The monoisotopic (exact) mass is 273 g/mol. The van der Waals surface area contributed by atoms with E-state index in [2.05, 4.69) is 11.0 Å². The Hall–Kier alpha value is -2.06. The second kappa shape index (κ2) is 5.93. The Morgan fingerprint density at radius 2 is 2.15 bits per heavy atom. The molecular formula is C15H19N3O2. The number of hydrogen-bond donors (Lipinski definition) is 2. The van der Waals surface area contributed by atoms with Gasteiger partial charge in [0.25, 0.3) is 0 Å². The van der Waals surface area contributed by atoms with Gasteiger partial charge in [-0.1, -0.05) is 6.07 Å². The van der Waals surface area contributed by atoms with Crippen LogP contribution in [0.25, 0.3) is 0 Å². The van der Waals surface area contributed by atoms with Crippen LogP contribution in [0.5, 0.6) is 0 Å². The summed E-state index contributed by atoms with van der Waals surface area (Å²) < 4.78 is 0. The van der Waals surface area contributed by atoms with Crippen LogP contribution >= 0.6 is 0 Å². The lowest BCUT2D eigenvalue weighted by molar-refractivity contribution is -0.122. The van der Waals surface area contributed by atoms with Crippen LogP contribution in [0, 0.1) is 17.2 Å². The van der Waals surface area contributed by atoms with Crippen LogP contribution in [-0.4, -0.2) is 24.1 Å². The molecule has 1 heterocycles. The van der Waals surface area contributed by atoms with Crippen molar-refractivity contribution in [3.63, 3.8) is 0 Å². The molecule has 1 fully saturated rings. The van der Waals surface area contributed by atoms with Gasteiger partial charge in [0.15, 0.2) is 0 Å². The molecule has 2 rings (SSSR count). The van der Waals surface area contributed by atoms with E-state index in [1.54, 1.807) is 25.1 Å². The summed E-state index contributed by atoms with van der Waals surface area (Å²) in [6.45, 7) is 3.13. The predicted octanol–water partition coefficient (Wildman–Crippen LogP) is 1.31. The zero-order chi connectivity index (χ0) is 14.7. The number of carbonyl (C=O) groups is 1. The van der Waals surface area contributed by atoms with E-state index < -0.39 is 6.10 Å². The summed E-state index contributed by atoms with van der Waals surface area (Å²) in [5.74, 6) is -0.313. The van der Waals surface area contributed by atoms with Crippen LogP contribution in [-0.2, 0) is 4.79 Å². The molecule has 0 bridgehead atoms. The molecule has 20 heavy (non-hydrogen) atoms. The zero-order valence-corrected chi connectivity index (χ0v) is 11.5. The normalized spacial score (nSPS) is 17.6. The van der Waals surface area contributed by atoms with Gasteiger partial charge in [-0.15, -0.1) is 0 Å². The van der Waals surface area contributed by atoms with E-state index in [9.17, 15) is 9.90 Å². The molecule has 0 aromatic heterocycles. The maximum atomic E-state index is 11.2. The molecular weight excluding hydrogens is 254 g/mol. The fourth-order valence-electron chi connectivity index (χ4n) is 2.65. The average Bonchev–Trinajstić information content (AvgIpc) is 2.46. The van der Waals surface area contributed by atoms with E-state index in [4.69, 9.17) is 11.0 Å². The smallest absolute Gasteiger partial charge is 0.220 e. The van der Waals surface area contributed by atoms with Crippen LogP contribution in [0.15, 0.2) is 18.2 Å². The molecule has 0 saturated carbocycles. The van der Waals surface area contributed by atoms with E-state index in [0.717, 1.165) is 11.3 Å². The molecule has 1 aliphatic heterocycles. The van der Waals surface area contributed by atoms with Gasteiger partial charge in [-0.05, 0) is 31.9 Å². The van der Waals surface area contributed by atoms with Crippen LogP contribution < -0.4 is 10.6 Å². The van der Waals surface area contributed by atoms with Gasteiger partial charge in [-0.25, -0.2) is 0 Å². The van der Waals surface area contributed by atoms with E-state index in [1.165, 1.54) is 0 Å². The molecule has 0 unspecified atom stereocenters. The van der Waals surface area contributed by atoms with Gasteiger partial charge in [0, 0.05) is 30.3 Å². The minimum absolute atomic E-state index is 0.0691. The third-order valence-electron chi connectivity index (χ3n) is 3.85. The van der Waals surface area contributed by atoms with Crippen LogP contribution in [0.4, 0.5) is 5.69 Å². The van der Waals surface area contributed by atoms with Crippen molar-refractivity contribution in [2.45, 2.75) is 25.9 Å². The predicted molar refractivity (Wildman–Crippen MR) is 75.9 cm³/mol. The number of aliphatic hydroxyl groups excluding tert-OH is 1. The Bertz CT molecular complexity index is 541. The molecule has 1 amide bonds. The van der Waals surface area contributed by atoms with Gasteiger partial charge in [-0.2, -0.15) is 5.26 Å². The Balaban J connectivity index is 2.24. The number of benzene rings is 1. The molecule has 106 valence electrons. The largest absolute Gasteiger partial charge is 0.389 e. The van der Waals surface area contributed by atoms with Crippen molar-refractivity contribution >= 4 is 11.6 Å². The summed E-state index contributed by atoms with van der Waals surface area (Å²) in [5.41, 5.74) is 7.59. The van der Waals surface area contributed by atoms with Gasteiger partial charge >= 0.3 is 0 Å². The molecule has 1 aliphatic rings. The van der Waals surface area contributed by atoms with Crippen molar-refractivity contribution in [1.82, 2.24) is 0 Å². The van der Waals surface area contributed by atoms with E-state index in [1.807, 2.05) is 0 Å². The number of carbonyl (C=O) groups excluding carboxylic acids is 1. The maximum absolute atomic E-state index is 11.2. The van der Waals surface area contributed by atoms with Crippen molar-refractivity contribution in [2.75, 3.05) is 18.0 Å². The van der Waals surface area contributed by atoms with Gasteiger partial charge in [0.05, 0.1) is 17.7 Å². The summed E-state index contributed by atoms with van der Waals surface area (Å²) in [6.07, 6.45) is 0.836. The highest BCUT2D eigenvalue weighted by Crippen LogP contribution is 2.30. The van der Waals surface area contributed by atoms with Crippen LogP contribution in [0.3, 0.4) is 0 Å². The molecule has 5 nitrogen and oxygen atoms in total. The molecule has 1 aromatic carbocycles. The van der Waals surface area contributed by atoms with Crippen molar-refractivity contribution in [2.24, 2.45) is 11.7 Å². The highest BCUT2D eigenvalue weighted by molar-refractivity contribution is 5.77. The highest BCUT2D eigenvalue weighted by Gasteiger charge is 2.25. The Labute approximate surface area is 118 Å². The third kappa shape index (κ3) is 2.91. The first-order valence-corrected chi connectivity index (χ1v) is 6.79. The SMILES string of the molecule is C[C@@H](O)c1ccc(C#N)cc1N1CCC(C(N)=O)CC1. The highest BCUT2D eigenvalue weighted by atomic mass is 16.3. The van der Waals surface area contributed by atoms with Gasteiger partial charge < -0.3 is 15.7 Å². The van der Waals surface area contributed by atoms with Crippen molar-refractivity contribution < 1.29 is 9.90 Å². The number of piperidine rings is 1. The summed E-state index contributed by atoms with van der Waals surface area (Å²) >= 11 is 0. The summed E-state index contributed by atoms with van der Waals surface area (Å²) in [4.78, 5) is 13.3. The van der Waals surface area contributed by atoms with Crippen LogP contribution in [0.1, 0.15) is 37.0 Å². The number of nitrogens with two attached hydrogens (primary N) is 1. The first-order chi connectivity index (χ1) is 9.52. The Kier molecular flexibility index (Phi) is 4.26. The lowest BCUT2D eigenvalue weighted by atomic mass is 9.94. The quantitative estimate of drug-likeness (QED) is 0.868. The first-order valence-electron chi connectivity index (χ1n) is 6.79. The van der Waals surface area contributed by atoms with Gasteiger partial charge in [0.1, 0.15) is 0 Å². The van der Waals surface area contributed by atoms with E-state index in [-0.39, 0.29) is 11.8 Å². The average molecular weight is 273 g/mol. The third-order valence-corrected chi connectivity index (χ3v) is 3.85.